The van der Waals surface area contributed by atoms with E-state index in [9.17, 15) is 14.4 Å². The zero-order valence-electron chi connectivity index (χ0n) is 15.4. The van der Waals surface area contributed by atoms with Gasteiger partial charge in [0.05, 0.1) is 11.8 Å². The molecule has 0 saturated heterocycles. The average Bonchev–Trinajstić information content (AvgIpc) is 3.44. The summed E-state index contributed by atoms with van der Waals surface area (Å²) in [6.07, 6.45) is 0.577. The molecule has 0 bridgehead atoms. The van der Waals surface area contributed by atoms with Gasteiger partial charge in [0.2, 0.25) is 17.7 Å². The van der Waals surface area contributed by atoms with E-state index >= 15 is 0 Å². The van der Waals surface area contributed by atoms with Crippen LogP contribution in [-0.2, 0) is 20.9 Å². The van der Waals surface area contributed by atoms with E-state index in [0.717, 1.165) is 5.56 Å². The molecule has 6 heteroatoms. The second-order valence-corrected chi connectivity index (χ2v) is 6.88. The van der Waals surface area contributed by atoms with Crippen LogP contribution < -0.4 is 10.6 Å². The van der Waals surface area contributed by atoms with Crippen LogP contribution in [0.25, 0.3) is 0 Å². The van der Waals surface area contributed by atoms with Crippen LogP contribution in [0.15, 0.2) is 54.6 Å². The van der Waals surface area contributed by atoms with Gasteiger partial charge >= 0.3 is 0 Å². The third-order valence-corrected chi connectivity index (χ3v) is 4.56. The third kappa shape index (κ3) is 4.94. The molecule has 2 aromatic rings. The van der Waals surface area contributed by atoms with Crippen molar-refractivity contribution >= 4 is 29.1 Å². The molecule has 0 aliphatic heterocycles. The smallest absolute Gasteiger partial charge is 0.228 e. The summed E-state index contributed by atoms with van der Waals surface area (Å²) in [5.41, 5.74) is 2.38. The molecule has 140 valence electrons. The van der Waals surface area contributed by atoms with Gasteiger partial charge in [-0.1, -0.05) is 30.3 Å². The van der Waals surface area contributed by atoms with Crippen molar-refractivity contribution in [2.75, 3.05) is 17.7 Å². The van der Waals surface area contributed by atoms with Crippen molar-refractivity contribution in [1.82, 2.24) is 4.90 Å². The number of nitrogens with zero attached hydrogens (tertiary/aromatic N) is 1. The highest BCUT2D eigenvalue weighted by Gasteiger charge is 2.49. The lowest BCUT2D eigenvalue weighted by Crippen LogP contribution is -2.29. The topological polar surface area (TPSA) is 78.5 Å². The van der Waals surface area contributed by atoms with Gasteiger partial charge in [-0.05, 0) is 36.2 Å². The van der Waals surface area contributed by atoms with Gasteiger partial charge in [-0.2, -0.15) is 0 Å². The molecule has 2 aromatic carbocycles. The molecule has 1 saturated carbocycles. The van der Waals surface area contributed by atoms with E-state index in [-0.39, 0.29) is 29.6 Å². The molecule has 1 aliphatic carbocycles. The summed E-state index contributed by atoms with van der Waals surface area (Å²) in [5, 5.41) is 5.51. The highest BCUT2D eigenvalue weighted by Crippen LogP contribution is 2.40. The summed E-state index contributed by atoms with van der Waals surface area (Å²) in [6.45, 7) is 1.98. The van der Waals surface area contributed by atoms with Gasteiger partial charge < -0.3 is 15.5 Å². The van der Waals surface area contributed by atoms with Crippen LogP contribution in [0.1, 0.15) is 18.9 Å². The molecule has 1 aliphatic rings. The van der Waals surface area contributed by atoms with Crippen LogP contribution in [0, 0.1) is 11.8 Å². The van der Waals surface area contributed by atoms with Gasteiger partial charge in [0, 0.05) is 31.9 Å². The normalized spacial score (nSPS) is 17.7. The van der Waals surface area contributed by atoms with E-state index < -0.39 is 0 Å². The van der Waals surface area contributed by atoms with Crippen LogP contribution >= 0.6 is 0 Å². The van der Waals surface area contributed by atoms with E-state index in [1.165, 1.54) is 6.92 Å². The molecule has 2 N–H and O–H groups in total. The molecule has 6 nitrogen and oxygen atoms in total. The molecule has 27 heavy (non-hydrogen) atoms. The Bertz CT molecular complexity index is 834. The predicted molar refractivity (Wildman–Crippen MR) is 104 cm³/mol. The Morgan fingerprint density at radius 1 is 0.926 bits per heavy atom. The minimum absolute atomic E-state index is 0.00000850. The van der Waals surface area contributed by atoms with E-state index in [4.69, 9.17) is 0 Å². The fraction of sp³-hybridized carbons (Fsp3) is 0.286. The van der Waals surface area contributed by atoms with E-state index in [1.807, 2.05) is 30.3 Å². The molecule has 0 radical (unpaired) electrons. The number of nitrogens with one attached hydrogen (secondary N) is 2. The first-order valence-electron chi connectivity index (χ1n) is 8.91. The molecular weight excluding hydrogens is 342 g/mol. The quantitative estimate of drug-likeness (QED) is 0.826. The van der Waals surface area contributed by atoms with Crippen molar-refractivity contribution in [3.8, 4) is 0 Å². The Hall–Kier alpha value is -3.15. The van der Waals surface area contributed by atoms with Gasteiger partial charge in [-0.15, -0.1) is 0 Å². The Balaban J connectivity index is 1.51. The average molecular weight is 365 g/mol. The molecule has 0 spiro atoms. The van der Waals surface area contributed by atoms with Crippen molar-refractivity contribution in [2.24, 2.45) is 11.8 Å². The first kappa shape index (κ1) is 18.6. The summed E-state index contributed by atoms with van der Waals surface area (Å²) in [7, 11) is 1.77. The number of amides is 3. The van der Waals surface area contributed by atoms with E-state index in [1.54, 1.807) is 36.2 Å². The number of hydrogen-bond acceptors (Lipinski definition) is 3. The first-order valence-corrected chi connectivity index (χ1v) is 8.91. The number of anilines is 2. The second-order valence-electron chi connectivity index (χ2n) is 6.88. The molecule has 0 heterocycles. The Morgan fingerprint density at radius 2 is 1.52 bits per heavy atom. The van der Waals surface area contributed by atoms with Crippen molar-refractivity contribution in [3.63, 3.8) is 0 Å². The summed E-state index contributed by atoms with van der Waals surface area (Å²) in [6, 6.07) is 16.7. The zero-order chi connectivity index (χ0) is 19.4. The summed E-state index contributed by atoms with van der Waals surface area (Å²) in [5.74, 6) is -0.831. The van der Waals surface area contributed by atoms with Crippen LogP contribution in [0.2, 0.25) is 0 Å². The number of carbonyl (C=O) groups excluding carboxylic acids is 3. The fourth-order valence-electron chi connectivity index (χ4n) is 3.05. The van der Waals surface area contributed by atoms with Gasteiger partial charge in [0.1, 0.15) is 0 Å². The molecular formula is C21H23N3O3. The Kier molecular flexibility index (Phi) is 5.54. The van der Waals surface area contributed by atoms with Gasteiger partial charge in [-0.25, -0.2) is 0 Å². The number of hydrogen-bond donors (Lipinski definition) is 2. The van der Waals surface area contributed by atoms with Crippen molar-refractivity contribution in [3.05, 3.63) is 60.2 Å². The molecule has 2 unspecified atom stereocenters. The Labute approximate surface area is 158 Å². The van der Waals surface area contributed by atoms with Gasteiger partial charge in [-0.3, -0.25) is 14.4 Å². The maximum Gasteiger partial charge on any atom is 0.228 e. The minimum atomic E-state index is -0.286. The summed E-state index contributed by atoms with van der Waals surface area (Å²) >= 11 is 0. The van der Waals surface area contributed by atoms with Crippen molar-refractivity contribution in [2.45, 2.75) is 19.9 Å². The van der Waals surface area contributed by atoms with Gasteiger partial charge in [0.25, 0.3) is 0 Å². The maximum absolute atomic E-state index is 12.5. The first-order chi connectivity index (χ1) is 12.9. The molecule has 2 atom stereocenters. The van der Waals surface area contributed by atoms with Crippen LogP contribution in [0.5, 0.6) is 0 Å². The Morgan fingerprint density at radius 3 is 2.11 bits per heavy atom. The SMILES string of the molecule is CC(=O)Nc1ccc(NC(=O)C2CC2C(=O)N(C)Cc2ccccc2)cc1. The largest absolute Gasteiger partial charge is 0.341 e. The monoisotopic (exact) mass is 365 g/mol. The lowest BCUT2D eigenvalue weighted by Gasteiger charge is -2.17. The molecule has 0 aromatic heterocycles. The predicted octanol–water partition coefficient (Wildman–Crippen LogP) is 2.88. The number of benzene rings is 2. The molecule has 3 rings (SSSR count). The van der Waals surface area contributed by atoms with E-state index in [0.29, 0.717) is 24.3 Å². The second kappa shape index (κ2) is 8.03. The highest BCUT2D eigenvalue weighted by molar-refractivity contribution is 5.99. The highest BCUT2D eigenvalue weighted by atomic mass is 16.2. The van der Waals surface area contributed by atoms with Crippen LogP contribution in [0.3, 0.4) is 0 Å². The minimum Gasteiger partial charge on any atom is -0.341 e. The van der Waals surface area contributed by atoms with Gasteiger partial charge in [0.15, 0.2) is 0 Å². The van der Waals surface area contributed by atoms with Crippen molar-refractivity contribution < 1.29 is 14.4 Å². The van der Waals surface area contributed by atoms with Crippen molar-refractivity contribution in [1.29, 1.82) is 0 Å². The lowest BCUT2D eigenvalue weighted by atomic mass is 10.2. The molecule has 1 fully saturated rings. The number of carbonyl (C=O) groups is 3. The van der Waals surface area contributed by atoms with Crippen LogP contribution in [-0.4, -0.2) is 29.7 Å². The maximum atomic E-state index is 12.5. The lowest BCUT2D eigenvalue weighted by molar-refractivity contribution is -0.133. The molecule has 3 amide bonds. The van der Waals surface area contributed by atoms with E-state index in [2.05, 4.69) is 10.6 Å². The summed E-state index contributed by atoms with van der Waals surface area (Å²) < 4.78 is 0. The zero-order valence-corrected chi connectivity index (χ0v) is 15.4. The van der Waals surface area contributed by atoms with Crippen LogP contribution in [0.4, 0.5) is 11.4 Å². The number of rotatable bonds is 6. The standard InChI is InChI=1S/C21H23N3O3/c1-14(25)22-16-8-10-17(11-9-16)23-20(26)18-12-19(18)21(27)24(2)13-15-6-4-3-5-7-15/h3-11,18-19H,12-13H2,1-2H3,(H,22,25)(H,23,26). The fourth-order valence-corrected chi connectivity index (χ4v) is 3.05. The third-order valence-electron chi connectivity index (χ3n) is 4.56. The summed E-state index contributed by atoms with van der Waals surface area (Å²) in [4.78, 5) is 37.6.